The van der Waals surface area contributed by atoms with Crippen LogP contribution in [0.5, 0.6) is 11.5 Å². The Balaban J connectivity index is 2.55. The van der Waals surface area contributed by atoms with Crippen LogP contribution in [0.1, 0.15) is 46.5 Å². The van der Waals surface area contributed by atoms with Gasteiger partial charge in [-0.2, -0.15) is 0 Å². The van der Waals surface area contributed by atoms with Crippen LogP contribution in [-0.2, 0) is 0 Å². The van der Waals surface area contributed by atoms with Gasteiger partial charge in [-0.15, -0.1) is 0 Å². The standard InChI is InChI=1S/C16H27NO2/c1-4-7-8-13(5-2)12-19-16-10-14(17)9-15(11-16)18-6-3/h9-11,13H,4-8,12,17H2,1-3H3. The summed E-state index contributed by atoms with van der Waals surface area (Å²) >= 11 is 0. The van der Waals surface area contributed by atoms with Crippen LogP contribution in [-0.4, -0.2) is 13.2 Å². The van der Waals surface area contributed by atoms with Crippen molar-refractivity contribution in [1.82, 2.24) is 0 Å². The first-order chi connectivity index (χ1) is 9.19. The van der Waals surface area contributed by atoms with Crippen molar-refractivity contribution in [3.63, 3.8) is 0 Å². The van der Waals surface area contributed by atoms with E-state index < -0.39 is 0 Å². The molecular weight excluding hydrogens is 238 g/mol. The van der Waals surface area contributed by atoms with Crippen molar-refractivity contribution in [2.75, 3.05) is 18.9 Å². The lowest BCUT2D eigenvalue weighted by molar-refractivity contribution is 0.232. The minimum atomic E-state index is 0.622. The molecule has 1 aromatic rings. The Morgan fingerprint density at radius 2 is 1.74 bits per heavy atom. The summed E-state index contributed by atoms with van der Waals surface area (Å²) in [4.78, 5) is 0. The van der Waals surface area contributed by atoms with Gasteiger partial charge in [0.2, 0.25) is 0 Å². The van der Waals surface area contributed by atoms with Crippen LogP contribution in [0, 0.1) is 5.92 Å². The van der Waals surface area contributed by atoms with Crippen LogP contribution in [0.25, 0.3) is 0 Å². The highest BCUT2D eigenvalue weighted by molar-refractivity contribution is 5.50. The Bertz CT molecular complexity index is 366. The van der Waals surface area contributed by atoms with E-state index in [1.165, 1.54) is 19.3 Å². The fraction of sp³-hybridized carbons (Fsp3) is 0.625. The predicted octanol–water partition coefficient (Wildman–Crippen LogP) is 4.26. The summed E-state index contributed by atoms with van der Waals surface area (Å²) in [6.07, 6.45) is 4.89. The average Bonchev–Trinajstić information content (AvgIpc) is 2.39. The van der Waals surface area contributed by atoms with E-state index in [1.54, 1.807) is 0 Å². The predicted molar refractivity (Wildman–Crippen MR) is 80.8 cm³/mol. The lowest BCUT2D eigenvalue weighted by Crippen LogP contribution is -2.11. The molecule has 0 aromatic heterocycles. The van der Waals surface area contributed by atoms with E-state index in [2.05, 4.69) is 13.8 Å². The summed E-state index contributed by atoms with van der Waals surface area (Å²) in [5, 5.41) is 0. The van der Waals surface area contributed by atoms with Crippen LogP contribution in [0.2, 0.25) is 0 Å². The third-order valence-corrected chi connectivity index (χ3v) is 3.24. The highest BCUT2D eigenvalue weighted by Crippen LogP contribution is 2.25. The summed E-state index contributed by atoms with van der Waals surface area (Å²) in [5.41, 5.74) is 6.53. The van der Waals surface area contributed by atoms with Crippen molar-refractivity contribution in [3.8, 4) is 11.5 Å². The zero-order valence-electron chi connectivity index (χ0n) is 12.4. The van der Waals surface area contributed by atoms with Gasteiger partial charge in [0, 0.05) is 23.9 Å². The lowest BCUT2D eigenvalue weighted by atomic mass is 10.0. The number of unbranched alkanes of at least 4 members (excludes halogenated alkanes) is 1. The van der Waals surface area contributed by atoms with Crippen molar-refractivity contribution < 1.29 is 9.47 Å². The molecule has 19 heavy (non-hydrogen) atoms. The fourth-order valence-corrected chi connectivity index (χ4v) is 2.04. The van der Waals surface area contributed by atoms with Crippen LogP contribution >= 0.6 is 0 Å². The summed E-state index contributed by atoms with van der Waals surface area (Å²) in [6, 6.07) is 5.59. The van der Waals surface area contributed by atoms with Gasteiger partial charge in [0.15, 0.2) is 0 Å². The molecule has 1 aromatic carbocycles. The maximum absolute atomic E-state index is 5.86. The smallest absolute Gasteiger partial charge is 0.125 e. The normalized spacial score (nSPS) is 12.2. The number of nitrogens with two attached hydrogens (primary N) is 1. The molecule has 0 bridgehead atoms. The first-order valence-corrected chi connectivity index (χ1v) is 7.35. The van der Waals surface area contributed by atoms with Gasteiger partial charge in [0.1, 0.15) is 11.5 Å². The van der Waals surface area contributed by atoms with Crippen molar-refractivity contribution in [3.05, 3.63) is 18.2 Å². The molecule has 108 valence electrons. The Morgan fingerprint density at radius 1 is 1.05 bits per heavy atom. The van der Waals surface area contributed by atoms with Gasteiger partial charge in [-0.05, 0) is 19.3 Å². The SMILES string of the molecule is CCCCC(CC)COc1cc(N)cc(OCC)c1. The molecule has 1 rings (SSSR count). The number of benzene rings is 1. The first-order valence-electron chi connectivity index (χ1n) is 7.35. The summed E-state index contributed by atoms with van der Waals surface area (Å²) in [5.74, 6) is 2.20. The van der Waals surface area contributed by atoms with Gasteiger partial charge in [-0.3, -0.25) is 0 Å². The molecule has 0 saturated carbocycles. The summed E-state index contributed by atoms with van der Waals surface area (Å²) < 4.78 is 11.3. The number of rotatable bonds is 9. The monoisotopic (exact) mass is 265 g/mol. The van der Waals surface area contributed by atoms with Gasteiger partial charge < -0.3 is 15.2 Å². The summed E-state index contributed by atoms with van der Waals surface area (Å²) in [6.45, 7) is 7.79. The molecule has 0 saturated heterocycles. The number of hydrogen-bond acceptors (Lipinski definition) is 3. The third-order valence-electron chi connectivity index (χ3n) is 3.24. The van der Waals surface area contributed by atoms with Gasteiger partial charge >= 0.3 is 0 Å². The molecule has 0 heterocycles. The molecule has 0 amide bonds. The van der Waals surface area contributed by atoms with E-state index in [-0.39, 0.29) is 0 Å². The van der Waals surface area contributed by atoms with Crippen LogP contribution in [0.15, 0.2) is 18.2 Å². The second-order valence-electron chi connectivity index (χ2n) is 4.90. The van der Waals surface area contributed by atoms with E-state index in [9.17, 15) is 0 Å². The van der Waals surface area contributed by atoms with E-state index in [1.807, 2.05) is 25.1 Å². The van der Waals surface area contributed by atoms with Gasteiger partial charge in [0.05, 0.1) is 13.2 Å². The molecular formula is C16H27NO2. The Labute approximate surface area is 117 Å². The maximum Gasteiger partial charge on any atom is 0.125 e. The van der Waals surface area contributed by atoms with E-state index in [0.717, 1.165) is 24.5 Å². The molecule has 1 unspecified atom stereocenters. The number of ether oxygens (including phenoxy) is 2. The number of nitrogen functional groups attached to an aromatic ring is 1. The molecule has 3 heteroatoms. The highest BCUT2D eigenvalue weighted by atomic mass is 16.5. The van der Waals surface area contributed by atoms with Gasteiger partial charge in [-0.1, -0.05) is 33.1 Å². The second kappa shape index (κ2) is 8.68. The van der Waals surface area contributed by atoms with E-state index in [0.29, 0.717) is 18.2 Å². The minimum absolute atomic E-state index is 0.622. The Hall–Kier alpha value is -1.38. The molecule has 3 nitrogen and oxygen atoms in total. The molecule has 2 N–H and O–H groups in total. The molecule has 0 aliphatic heterocycles. The molecule has 0 spiro atoms. The van der Waals surface area contributed by atoms with Crippen molar-refractivity contribution in [2.24, 2.45) is 5.92 Å². The minimum Gasteiger partial charge on any atom is -0.494 e. The van der Waals surface area contributed by atoms with Gasteiger partial charge in [0.25, 0.3) is 0 Å². The third kappa shape index (κ3) is 5.86. The summed E-state index contributed by atoms with van der Waals surface area (Å²) in [7, 11) is 0. The molecule has 0 aliphatic rings. The number of anilines is 1. The second-order valence-corrected chi connectivity index (χ2v) is 4.90. The van der Waals surface area contributed by atoms with Gasteiger partial charge in [-0.25, -0.2) is 0 Å². The van der Waals surface area contributed by atoms with Crippen LogP contribution < -0.4 is 15.2 Å². The molecule has 1 atom stereocenters. The van der Waals surface area contributed by atoms with E-state index >= 15 is 0 Å². The quantitative estimate of drug-likeness (QED) is 0.678. The zero-order valence-corrected chi connectivity index (χ0v) is 12.4. The van der Waals surface area contributed by atoms with E-state index in [4.69, 9.17) is 15.2 Å². The fourth-order valence-electron chi connectivity index (χ4n) is 2.04. The largest absolute Gasteiger partial charge is 0.494 e. The van der Waals surface area contributed by atoms with Crippen LogP contribution in [0.3, 0.4) is 0 Å². The molecule has 0 aliphatic carbocycles. The Kier molecular flexibility index (Phi) is 7.16. The highest BCUT2D eigenvalue weighted by Gasteiger charge is 2.08. The average molecular weight is 265 g/mol. The molecule has 0 fully saturated rings. The topological polar surface area (TPSA) is 44.5 Å². The lowest BCUT2D eigenvalue weighted by Gasteiger charge is -2.16. The van der Waals surface area contributed by atoms with Crippen LogP contribution in [0.4, 0.5) is 5.69 Å². The number of hydrogen-bond donors (Lipinski definition) is 1. The maximum atomic E-state index is 5.86. The van der Waals surface area contributed by atoms with Crippen molar-refractivity contribution in [2.45, 2.75) is 46.5 Å². The van der Waals surface area contributed by atoms with Crippen molar-refractivity contribution in [1.29, 1.82) is 0 Å². The van der Waals surface area contributed by atoms with Crippen molar-refractivity contribution >= 4 is 5.69 Å². The first kappa shape index (κ1) is 15.7. The zero-order chi connectivity index (χ0) is 14.1. The molecule has 0 radical (unpaired) electrons. The Morgan fingerprint density at radius 3 is 2.32 bits per heavy atom.